The maximum atomic E-state index is 13.7. The van der Waals surface area contributed by atoms with Crippen molar-refractivity contribution in [2.45, 2.75) is 65.4 Å². The smallest absolute Gasteiger partial charge is 0.336 e. The first-order valence-corrected chi connectivity index (χ1v) is 14.5. The molecule has 0 aliphatic rings. The summed E-state index contributed by atoms with van der Waals surface area (Å²) in [6, 6.07) is 19.8. The maximum Gasteiger partial charge on any atom is 0.336 e. The van der Waals surface area contributed by atoms with Gasteiger partial charge in [-0.25, -0.2) is 13.6 Å². The monoisotopic (exact) mass is 565 g/mol. The number of carbonyl (C=O) groups is 1. The molecule has 0 spiro atoms. The summed E-state index contributed by atoms with van der Waals surface area (Å²) in [6.07, 6.45) is 4.32. The van der Waals surface area contributed by atoms with Gasteiger partial charge in [0.15, 0.2) is 0 Å². The maximum absolute atomic E-state index is 13.7. The fourth-order valence-electron chi connectivity index (χ4n) is 4.27. The van der Waals surface area contributed by atoms with Crippen LogP contribution in [0.2, 0.25) is 0 Å². The Kier molecular flexibility index (Phi) is 13.3. The molecule has 7 heteroatoms. The molecule has 5 nitrogen and oxygen atoms in total. The number of benzene rings is 3. The Morgan fingerprint density at radius 1 is 0.805 bits per heavy atom. The van der Waals surface area contributed by atoms with E-state index in [9.17, 15) is 13.6 Å². The van der Waals surface area contributed by atoms with Crippen LogP contribution in [-0.4, -0.2) is 25.8 Å². The number of unbranched alkanes of at least 4 members (excludes halogenated alkanes) is 2. The lowest BCUT2D eigenvalue weighted by molar-refractivity contribution is -0.138. The Morgan fingerprint density at radius 3 is 2.02 bits per heavy atom. The van der Waals surface area contributed by atoms with Crippen molar-refractivity contribution < 1.29 is 27.8 Å². The molecule has 220 valence electrons. The van der Waals surface area contributed by atoms with Crippen LogP contribution in [0.25, 0.3) is 5.70 Å². The van der Waals surface area contributed by atoms with Crippen LogP contribution in [0, 0.1) is 11.6 Å². The van der Waals surface area contributed by atoms with E-state index in [4.69, 9.17) is 14.2 Å². The first-order chi connectivity index (χ1) is 19.9. The van der Waals surface area contributed by atoms with Crippen molar-refractivity contribution in [1.29, 1.82) is 0 Å². The predicted molar refractivity (Wildman–Crippen MR) is 160 cm³/mol. The number of halogens is 2. The van der Waals surface area contributed by atoms with E-state index in [1.165, 1.54) is 24.3 Å². The van der Waals surface area contributed by atoms with Gasteiger partial charge in [0, 0.05) is 12.3 Å². The molecule has 41 heavy (non-hydrogen) atoms. The predicted octanol–water partition coefficient (Wildman–Crippen LogP) is 8.87. The second-order valence-electron chi connectivity index (χ2n) is 9.74. The highest BCUT2D eigenvalue weighted by Crippen LogP contribution is 2.31. The van der Waals surface area contributed by atoms with Crippen molar-refractivity contribution in [2.75, 3.05) is 25.1 Å². The number of ether oxygens (including phenoxy) is 3. The fraction of sp³-hybridized carbons (Fsp3) is 0.382. The highest BCUT2D eigenvalue weighted by molar-refractivity contribution is 6.00. The van der Waals surface area contributed by atoms with E-state index in [1.807, 2.05) is 24.3 Å². The van der Waals surface area contributed by atoms with Crippen molar-refractivity contribution in [1.82, 2.24) is 0 Å². The van der Waals surface area contributed by atoms with Gasteiger partial charge in [-0.3, -0.25) is 0 Å². The van der Waals surface area contributed by atoms with Crippen molar-refractivity contribution in [3.8, 4) is 5.75 Å². The Hall–Kier alpha value is -3.71. The Bertz CT molecular complexity index is 1230. The minimum absolute atomic E-state index is 0.213. The number of carbonyl (C=O) groups excluding carboxylic acids is 1. The highest BCUT2D eigenvalue weighted by Gasteiger charge is 2.22. The Balaban J connectivity index is 2.00. The van der Waals surface area contributed by atoms with Gasteiger partial charge in [0.05, 0.1) is 30.6 Å². The molecule has 0 aromatic heterocycles. The standard InChI is InChI=1S/C34H41F2NO4/c1-4-7-23-40-30-19-11-26(12-20-30)33(37-29-17-15-28(36)16-18-29)31(34(38)39-6-3)21-22-32(41-24-8-5-2)25-9-13-27(35)14-10-25/h9-20,32,37H,4-8,21-24H2,1-3H3/b33-31-/t32-/m0/s1. The summed E-state index contributed by atoms with van der Waals surface area (Å²) in [5, 5.41) is 3.34. The van der Waals surface area contributed by atoms with Crippen LogP contribution in [-0.2, 0) is 14.3 Å². The van der Waals surface area contributed by atoms with Gasteiger partial charge in [-0.15, -0.1) is 0 Å². The Morgan fingerprint density at radius 2 is 1.41 bits per heavy atom. The number of hydrogen-bond acceptors (Lipinski definition) is 5. The lowest BCUT2D eigenvalue weighted by Crippen LogP contribution is -2.16. The lowest BCUT2D eigenvalue weighted by Gasteiger charge is -2.21. The number of rotatable bonds is 17. The molecule has 0 amide bonds. The van der Waals surface area contributed by atoms with Gasteiger partial charge in [0.25, 0.3) is 0 Å². The van der Waals surface area contributed by atoms with E-state index in [0.29, 0.717) is 43.0 Å². The molecular formula is C34H41F2NO4. The van der Waals surface area contributed by atoms with Gasteiger partial charge in [-0.1, -0.05) is 38.8 Å². The van der Waals surface area contributed by atoms with Crippen LogP contribution in [0.1, 0.15) is 76.5 Å². The minimum Gasteiger partial charge on any atom is -0.494 e. The topological polar surface area (TPSA) is 56.8 Å². The lowest BCUT2D eigenvalue weighted by atomic mass is 9.97. The number of nitrogens with one attached hydrogen (secondary N) is 1. The average Bonchev–Trinajstić information content (AvgIpc) is 2.98. The summed E-state index contributed by atoms with van der Waals surface area (Å²) in [4.78, 5) is 13.4. The largest absolute Gasteiger partial charge is 0.494 e. The molecule has 0 bridgehead atoms. The molecule has 1 atom stereocenters. The van der Waals surface area contributed by atoms with E-state index in [0.717, 1.165) is 42.6 Å². The van der Waals surface area contributed by atoms with Crippen molar-refractivity contribution in [2.24, 2.45) is 0 Å². The molecule has 3 rings (SSSR count). The molecule has 0 heterocycles. The van der Waals surface area contributed by atoms with E-state index in [1.54, 1.807) is 31.2 Å². The van der Waals surface area contributed by atoms with Crippen LogP contribution >= 0.6 is 0 Å². The molecule has 0 unspecified atom stereocenters. The first kappa shape index (κ1) is 31.8. The molecule has 0 fully saturated rings. The zero-order valence-corrected chi connectivity index (χ0v) is 24.3. The minimum atomic E-state index is -0.452. The average molecular weight is 566 g/mol. The summed E-state index contributed by atoms with van der Waals surface area (Å²) >= 11 is 0. The first-order valence-electron chi connectivity index (χ1n) is 14.5. The van der Waals surface area contributed by atoms with Crippen LogP contribution in [0.3, 0.4) is 0 Å². The number of anilines is 1. The van der Waals surface area contributed by atoms with Crippen LogP contribution in [0.4, 0.5) is 14.5 Å². The van der Waals surface area contributed by atoms with Gasteiger partial charge < -0.3 is 19.5 Å². The molecule has 0 radical (unpaired) electrons. The quantitative estimate of drug-likeness (QED) is 0.101. The van der Waals surface area contributed by atoms with Gasteiger partial charge in [0.1, 0.15) is 17.4 Å². The zero-order chi connectivity index (χ0) is 29.5. The number of esters is 1. The van der Waals surface area contributed by atoms with Crippen LogP contribution in [0.15, 0.2) is 78.4 Å². The highest BCUT2D eigenvalue weighted by atomic mass is 19.1. The number of hydrogen-bond donors (Lipinski definition) is 1. The Labute approximate surface area is 242 Å². The van der Waals surface area contributed by atoms with Gasteiger partial charge >= 0.3 is 5.97 Å². The summed E-state index contributed by atoms with van der Waals surface area (Å²) in [6.45, 7) is 7.35. The summed E-state index contributed by atoms with van der Waals surface area (Å²) in [5.41, 5.74) is 3.21. The van der Waals surface area contributed by atoms with E-state index in [-0.39, 0.29) is 24.3 Å². The molecule has 0 saturated heterocycles. The van der Waals surface area contributed by atoms with Gasteiger partial charge in [-0.2, -0.15) is 0 Å². The second kappa shape index (κ2) is 17.2. The van der Waals surface area contributed by atoms with E-state index < -0.39 is 5.97 Å². The zero-order valence-electron chi connectivity index (χ0n) is 24.3. The van der Waals surface area contributed by atoms with Crippen LogP contribution in [0.5, 0.6) is 5.75 Å². The SMILES string of the molecule is CCCCOc1ccc(/C(Nc2ccc(F)cc2)=C(\CC[C@H](OCCCC)c2ccc(F)cc2)C(=O)OCC)cc1. The fourth-order valence-corrected chi connectivity index (χ4v) is 4.27. The van der Waals surface area contributed by atoms with Crippen molar-refractivity contribution in [3.05, 3.63) is 101 Å². The normalized spacial score (nSPS) is 12.4. The third-order valence-electron chi connectivity index (χ3n) is 6.56. The molecule has 0 aliphatic heterocycles. The molecule has 3 aromatic rings. The summed E-state index contributed by atoms with van der Waals surface area (Å²) in [5.74, 6) is -0.388. The van der Waals surface area contributed by atoms with Gasteiger partial charge in [0.2, 0.25) is 0 Å². The van der Waals surface area contributed by atoms with Crippen molar-refractivity contribution in [3.63, 3.8) is 0 Å². The van der Waals surface area contributed by atoms with Crippen LogP contribution < -0.4 is 10.1 Å². The third kappa shape index (κ3) is 10.3. The molecule has 3 aromatic carbocycles. The molecule has 1 N–H and O–H groups in total. The van der Waals surface area contributed by atoms with Gasteiger partial charge in [-0.05, 0) is 104 Å². The van der Waals surface area contributed by atoms with E-state index >= 15 is 0 Å². The molecular weight excluding hydrogens is 524 g/mol. The molecule has 0 aliphatic carbocycles. The van der Waals surface area contributed by atoms with Crippen molar-refractivity contribution >= 4 is 17.4 Å². The van der Waals surface area contributed by atoms with E-state index in [2.05, 4.69) is 19.2 Å². The summed E-state index contributed by atoms with van der Waals surface area (Å²) in [7, 11) is 0. The molecule has 0 saturated carbocycles. The third-order valence-corrected chi connectivity index (χ3v) is 6.56. The summed E-state index contributed by atoms with van der Waals surface area (Å²) < 4.78 is 44.8. The second-order valence-corrected chi connectivity index (χ2v) is 9.74.